The second-order valence-electron chi connectivity index (χ2n) is 4.45. The summed E-state index contributed by atoms with van der Waals surface area (Å²) in [6.07, 6.45) is 1.53. The highest BCUT2D eigenvalue weighted by Gasteiger charge is 2.25. The third-order valence-electron chi connectivity index (χ3n) is 3.13. The lowest BCUT2D eigenvalue weighted by Gasteiger charge is -2.16. The average Bonchev–Trinajstić information content (AvgIpc) is 2.81. The summed E-state index contributed by atoms with van der Waals surface area (Å²) in [6, 6.07) is 7.90. The number of carbonyl (C=O) groups excluding carboxylic acids is 1. The van der Waals surface area contributed by atoms with Crippen molar-refractivity contribution in [3.8, 4) is 0 Å². The van der Waals surface area contributed by atoms with Crippen LogP contribution in [0, 0.1) is 5.92 Å². The van der Waals surface area contributed by atoms with E-state index in [9.17, 15) is 4.79 Å². The number of benzene rings is 1. The van der Waals surface area contributed by atoms with E-state index in [1.807, 2.05) is 29.2 Å². The molecule has 0 N–H and O–H groups in total. The van der Waals surface area contributed by atoms with Crippen molar-refractivity contribution in [3.05, 3.63) is 34.3 Å². The zero-order chi connectivity index (χ0) is 12.3. The van der Waals surface area contributed by atoms with Gasteiger partial charge in [0.05, 0.1) is 6.42 Å². The molecular weight excluding hydrogens is 302 g/mol. The molecule has 0 spiro atoms. The van der Waals surface area contributed by atoms with Gasteiger partial charge in [-0.15, -0.1) is 11.6 Å². The summed E-state index contributed by atoms with van der Waals surface area (Å²) < 4.78 is 1.04. The third-order valence-corrected chi connectivity index (χ3v) is 4.09. The van der Waals surface area contributed by atoms with Crippen molar-refractivity contribution in [1.82, 2.24) is 4.90 Å². The van der Waals surface area contributed by atoms with E-state index in [4.69, 9.17) is 11.6 Å². The van der Waals surface area contributed by atoms with Crippen molar-refractivity contribution in [2.75, 3.05) is 19.0 Å². The van der Waals surface area contributed by atoms with Gasteiger partial charge in [-0.25, -0.2) is 0 Å². The van der Waals surface area contributed by atoms with Crippen LogP contribution in [0.4, 0.5) is 0 Å². The molecule has 0 aliphatic carbocycles. The molecule has 1 aliphatic rings. The van der Waals surface area contributed by atoms with Gasteiger partial charge in [-0.2, -0.15) is 0 Å². The van der Waals surface area contributed by atoms with Crippen LogP contribution in [0.3, 0.4) is 0 Å². The van der Waals surface area contributed by atoms with Crippen LogP contribution < -0.4 is 0 Å². The fourth-order valence-electron chi connectivity index (χ4n) is 2.07. The maximum atomic E-state index is 12.0. The van der Waals surface area contributed by atoms with E-state index < -0.39 is 0 Å². The van der Waals surface area contributed by atoms with Crippen LogP contribution in [0.15, 0.2) is 28.7 Å². The topological polar surface area (TPSA) is 20.3 Å². The first-order valence-electron chi connectivity index (χ1n) is 5.77. The molecule has 1 saturated heterocycles. The minimum Gasteiger partial charge on any atom is -0.342 e. The Morgan fingerprint density at radius 2 is 2.12 bits per heavy atom. The molecule has 1 heterocycles. The first-order valence-corrected chi connectivity index (χ1v) is 7.10. The van der Waals surface area contributed by atoms with Crippen molar-refractivity contribution in [2.24, 2.45) is 5.92 Å². The Bertz CT molecular complexity index is 393. The lowest BCUT2D eigenvalue weighted by molar-refractivity contribution is -0.129. The normalized spacial score (nSPS) is 19.6. The predicted molar refractivity (Wildman–Crippen MR) is 73.3 cm³/mol. The van der Waals surface area contributed by atoms with E-state index in [2.05, 4.69) is 15.9 Å². The van der Waals surface area contributed by atoms with Crippen molar-refractivity contribution in [1.29, 1.82) is 0 Å². The highest BCUT2D eigenvalue weighted by atomic mass is 79.9. The number of likely N-dealkylation sites (tertiary alicyclic amines) is 1. The van der Waals surface area contributed by atoms with Crippen LogP contribution in [-0.2, 0) is 11.2 Å². The van der Waals surface area contributed by atoms with E-state index in [-0.39, 0.29) is 5.91 Å². The van der Waals surface area contributed by atoms with Crippen molar-refractivity contribution < 1.29 is 4.79 Å². The molecule has 1 unspecified atom stereocenters. The quantitative estimate of drug-likeness (QED) is 0.785. The fraction of sp³-hybridized carbons (Fsp3) is 0.462. The van der Waals surface area contributed by atoms with Gasteiger partial charge >= 0.3 is 0 Å². The molecule has 0 bridgehead atoms. The number of hydrogen-bond donors (Lipinski definition) is 0. The Hall–Kier alpha value is -0.540. The van der Waals surface area contributed by atoms with Crippen molar-refractivity contribution >= 4 is 33.4 Å². The molecule has 4 heteroatoms. The smallest absolute Gasteiger partial charge is 0.226 e. The minimum absolute atomic E-state index is 0.208. The number of halogens is 2. The Labute approximate surface area is 115 Å². The first-order chi connectivity index (χ1) is 8.19. The maximum absolute atomic E-state index is 12.0. The highest BCUT2D eigenvalue weighted by molar-refractivity contribution is 9.10. The van der Waals surface area contributed by atoms with Crippen LogP contribution in [0.1, 0.15) is 12.0 Å². The summed E-state index contributed by atoms with van der Waals surface area (Å²) in [4.78, 5) is 14.0. The standard InChI is InChI=1S/C13H15BrClNO/c14-12-3-1-10(2-4-12)7-13(17)16-6-5-11(8-15)9-16/h1-4,11H,5-9H2. The molecule has 0 saturated carbocycles. The van der Waals surface area contributed by atoms with E-state index >= 15 is 0 Å². The monoisotopic (exact) mass is 315 g/mol. The van der Waals surface area contributed by atoms with Crippen LogP contribution in [0.2, 0.25) is 0 Å². The molecule has 1 aliphatic heterocycles. The van der Waals surface area contributed by atoms with Gasteiger partial charge in [0, 0.05) is 23.4 Å². The number of carbonyl (C=O) groups is 1. The molecule has 17 heavy (non-hydrogen) atoms. The van der Waals surface area contributed by atoms with Gasteiger partial charge in [0.1, 0.15) is 0 Å². The summed E-state index contributed by atoms with van der Waals surface area (Å²) >= 11 is 9.20. The van der Waals surface area contributed by atoms with Gasteiger partial charge < -0.3 is 4.90 Å². The number of hydrogen-bond acceptors (Lipinski definition) is 1. The Balaban J connectivity index is 1.91. The van der Waals surface area contributed by atoms with Gasteiger partial charge in [-0.1, -0.05) is 28.1 Å². The van der Waals surface area contributed by atoms with Crippen molar-refractivity contribution in [3.63, 3.8) is 0 Å². The van der Waals surface area contributed by atoms with Crippen LogP contribution >= 0.6 is 27.5 Å². The number of amides is 1. The lowest BCUT2D eigenvalue weighted by atomic mass is 10.1. The van der Waals surface area contributed by atoms with E-state index in [0.29, 0.717) is 18.2 Å². The summed E-state index contributed by atoms with van der Waals surface area (Å²) in [6.45, 7) is 1.67. The molecule has 2 rings (SSSR count). The number of nitrogens with zero attached hydrogens (tertiary/aromatic N) is 1. The van der Waals surface area contributed by atoms with Gasteiger partial charge in [0.15, 0.2) is 0 Å². The molecule has 2 nitrogen and oxygen atoms in total. The predicted octanol–water partition coefficient (Wildman–Crippen LogP) is 3.08. The van der Waals surface area contributed by atoms with Crippen LogP contribution in [0.25, 0.3) is 0 Å². The summed E-state index contributed by atoms with van der Waals surface area (Å²) in [7, 11) is 0. The van der Waals surface area contributed by atoms with Gasteiger partial charge in [0.25, 0.3) is 0 Å². The van der Waals surface area contributed by atoms with Gasteiger partial charge in [-0.3, -0.25) is 4.79 Å². The van der Waals surface area contributed by atoms with Gasteiger partial charge in [0.2, 0.25) is 5.91 Å². The Kier molecular flexibility index (Phi) is 4.46. The largest absolute Gasteiger partial charge is 0.342 e. The van der Waals surface area contributed by atoms with E-state index in [1.165, 1.54) is 0 Å². The lowest BCUT2D eigenvalue weighted by Crippen LogP contribution is -2.30. The number of rotatable bonds is 3. The maximum Gasteiger partial charge on any atom is 0.226 e. The van der Waals surface area contributed by atoms with E-state index in [0.717, 1.165) is 29.5 Å². The van der Waals surface area contributed by atoms with Crippen LogP contribution in [0.5, 0.6) is 0 Å². The first kappa shape index (κ1) is 12.9. The van der Waals surface area contributed by atoms with E-state index in [1.54, 1.807) is 0 Å². The Morgan fingerprint density at radius 3 is 2.71 bits per heavy atom. The number of alkyl halides is 1. The highest BCUT2D eigenvalue weighted by Crippen LogP contribution is 2.19. The summed E-state index contributed by atoms with van der Waals surface area (Å²) in [5.74, 6) is 1.34. The summed E-state index contributed by atoms with van der Waals surface area (Å²) in [5, 5.41) is 0. The molecule has 1 aromatic carbocycles. The minimum atomic E-state index is 0.208. The zero-order valence-electron chi connectivity index (χ0n) is 9.53. The molecule has 0 radical (unpaired) electrons. The third kappa shape index (κ3) is 3.46. The average molecular weight is 317 g/mol. The van der Waals surface area contributed by atoms with Gasteiger partial charge in [-0.05, 0) is 30.0 Å². The fourth-order valence-corrected chi connectivity index (χ4v) is 2.59. The zero-order valence-corrected chi connectivity index (χ0v) is 11.9. The van der Waals surface area contributed by atoms with Crippen molar-refractivity contribution in [2.45, 2.75) is 12.8 Å². The molecule has 92 valence electrons. The molecular formula is C13H15BrClNO. The molecule has 0 aromatic heterocycles. The molecule has 1 aromatic rings. The molecule has 1 amide bonds. The summed E-state index contributed by atoms with van der Waals surface area (Å²) in [5.41, 5.74) is 1.06. The second-order valence-corrected chi connectivity index (χ2v) is 5.68. The van der Waals surface area contributed by atoms with Crippen LogP contribution in [-0.4, -0.2) is 29.8 Å². The molecule has 1 fully saturated rings. The molecule has 1 atom stereocenters. The SMILES string of the molecule is O=C(Cc1ccc(Br)cc1)N1CCC(CCl)C1. The Morgan fingerprint density at radius 1 is 1.41 bits per heavy atom. The second kappa shape index (κ2) is 5.87.